The number of carbonyl (C=O) groups is 1. The van der Waals surface area contributed by atoms with Crippen LogP contribution in [0.1, 0.15) is 38.4 Å². The first-order chi connectivity index (χ1) is 9.02. The second kappa shape index (κ2) is 5.61. The number of rotatable bonds is 3. The van der Waals surface area contributed by atoms with Crippen molar-refractivity contribution >= 4 is 5.97 Å². The molecular formula is C15H20O4. The van der Waals surface area contributed by atoms with E-state index in [-0.39, 0.29) is 12.1 Å². The minimum Gasteiger partial charge on any atom is -0.497 e. The Hall–Kier alpha value is -1.55. The molecule has 0 saturated carbocycles. The average molecular weight is 264 g/mol. The van der Waals surface area contributed by atoms with Gasteiger partial charge in [0.1, 0.15) is 11.4 Å². The molecule has 1 aliphatic heterocycles. The monoisotopic (exact) mass is 264 g/mol. The molecule has 1 aliphatic rings. The molecule has 1 saturated heterocycles. The molecule has 4 nitrogen and oxygen atoms in total. The first kappa shape index (κ1) is 13.9. The summed E-state index contributed by atoms with van der Waals surface area (Å²) in [4.78, 5) is 11.2. The predicted molar refractivity (Wildman–Crippen MR) is 71.1 cm³/mol. The molecule has 0 amide bonds. The van der Waals surface area contributed by atoms with Gasteiger partial charge in [0.15, 0.2) is 0 Å². The molecule has 0 radical (unpaired) electrons. The number of methoxy groups -OCH3 is 1. The van der Waals surface area contributed by atoms with Gasteiger partial charge >= 0.3 is 5.97 Å². The topological polar surface area (TPSA) is 44.8 Å². The smallest absolute Gasteiger partial charge is 0.303 e. The van der Waals surface area contributed by atoms with Gasteiger partial charge in [-0.25, -0.2) is 0 Å². The fourth-order valence-corrected chi connectivity index (χ4v) is 2.44. The van der Waals surface area contributed by atoms with E-state index in [1.54, 1.807) is 7.11 Å². The quantitative estimate of drug-likeness (QED) is 0.787. The molecule has 104 valence electrons. The van der Waals surface area contributed by atoms with Crippen molar-refractivity contribution in [1.82, 2.24) is 0 Å². The molecule has 1 aromatic rings. The molecule has 2 unspecified atom stereocenters. The van der Waals surface area contributed by atoms with Gasteiger partial charge in [0.2, 0.25) is 0 Å². The van der Waals surface area contributed by atoms with E-state index >= 15 is 0 Å². The summed E-state index contributed by atoms with van der Waals surface area (Å²) in [6.07, 6.45) is 1.38. The highest BCUT2D eigenvalue weighted by molar-refractivity contribution is 5.66. The molecule has 0 bridgehead atoms. The van der Waals surface area contributed by atoms with E-state index in [0.29, 0.717) is 13.0 Å². The largest absolute Gasteiger partial charge is 0.497 e. The van der Waals surface area contributed by atoms with E-state index in [9.17, 15) is 4.79 Å². The van der Waals surface area contributed by atoms with E-state index < -0.39 is 5.60 Å². The van der Waals surface area contributed by atoms with Crippen molar-refractivity contribution in [2.24, 2.45) is 0 Å². The number of ether oxygens (including phenoxy) is 3. The van der Waals surface area contributed by atoms with Crippen LogP contribution in [0.25, 0.3) is 0 Å². The number of esters is 1. The SMILES string of the molecule is COc1ccc(C2CC(C)(OC(C)=O)CCO2)cc1. The summed E-state index contributed by atoms with van der Waals surface area (Å²) in [5.74, 6) is 0.584. The molecule has 0 aliphatic carbocycles. The van der Waals surface area contributed by atoms with Gasteiger partial charge in [-0.05, 0) is 24.6 Å². The summed E-state index contributed by atoms with van der Waals surface area (Å²) < 4.78 is 16.4. The second-order valence-electron chi connectivity index (χ2n) is 5.13. The number of hydrogen-bond donors (Lipinski definition) is 0. The first-order valence-electron chi connectivity index (χ1n) is 6.47. The van der Waals surface area contributed by atoms with Gasteiger partial charge in [0, 0.05) is 19.8 Å². The van der Waals surface area contributed by atoms with Crippen LogP contribution in [0, 0.1) is 0 Å². The fourth-order valence-electron chi connectivity index (χ4n) is 2.44. The maximum absolute atomic E-state index is 11.2. The zero-order valence-electron chi connectivity index (χ0n) is 11.6. The lowest BCUT2D eigenvalue weighted by atomic mass is 9.89. The lowest BCUT2D eigenvalue weighted by molar-refractivity contribution is -0.170. The van der Waals surface area contributed by atoms with E-state index in [1.165, 1.54) is 6.92 Å². The molecule has 1 heterocycles. The van der Waals surface area contributed by atoms with Crippen LogP contribution in [-0.4, -0.2) is 25.3 Å². The Bertz CT molecular complexity index is 440. The van der Waals surface area contributed by atoms with Crippen LogP contribution >= 0.6 is 0 Å². The maximum atomic E-state index is 11.2. The molecule has 1 fully saturated rings. The zero-order chi connectivity index (χ0) is 13.9. The van der Waals surface area contributed by atoms with Crippen LogP contribution in [0.15, 0.2) is 24.3 Å². The van der Waals surface area contributed by atoms with Crippen LogP contribution in [0.3, 0.4) is 0 Å². The number of benzene rings is 1. The van der Waals surface area contributed by atoms with Crippen molar-refractivity contribution in [3.05, 3.63) is 29.8 Å². The Morgan fingerprint density at radius 3 is 2.63 bits per heavy atom. The van der Waals surface area contributed by atoms with Crippen LogP contribution in [0.5, 0.6) is 5.75 Å². The summed E-state index contributed by atoms with van der Waals surface area (Å²) in [7, 11) is 1.64. The molecule has 1 aromatic carbocycles. The van der Waals surface area contributed by atoms with Crippen molar-refractivity contribution in [2.75, 3.05) is 13.7 Å². The minimum absolute atomic E-state index is 0.0380. The van der Waals surface area contributed by atoms with Crippen molar-refractivity contribution < 1.29 is 19.0 Å². The van der Waals surface area contributed by atoms with Gasteiger partial charge in [-0.2, -0.15) is 0 Å². The summed E-state index contributed by atoms with van der Waals surface area (Å²) >= 11 is 0. The Morgan fingerprint density at radius 1 is 1.37 bits per heavy atom. The van der Waals surface area contributed by atoms with Crippen LogP contribution in [-0.2, 0) is 14.3 Å². The zero-order valence-corrected chi connectivity index (χ0v) is 11.6. The van der Waals surface area contributed by atoms with Gasteiger partial charge in [-0.3, -0.25) is 4.79 Å². The minimum atomic E-state index is -0.436. The van der Waals surface area contributed by atoms with Gasteiger partial charge in [0.25, 0.3) is 0 Å². The van der Waals surface area contributed by atoms with Gasteiger partial charge < -0.3 is 14.2 Å². The van der Waals surface area contributed by atoms with Crippen LogP contribution in [0.2, 0.25) is 0 Å². The van der Waals surface area contributed by atoms with E-state index in [2.05, 4.69) is 0 Å². The lowest BCUT2D eigenvalue weighted by Crippen LogP contribution is -2.38. The molecule has 0 N–H and O–H groups in total. The normalized spacial score (nSPS) is 26.8. The van der Waals surface area contributed by atoms with E-state index in [0.717, 1.165) is 17.7 Å². The van der Waals surface area contributed by atoms with Crippen molar-refractivity contribution in [1.29, 1.82) is 0 Å². The number of hydrogen-bond acceptors (Lipinski definition) is 4. The summed E-state index contributed by atoms with van der Waals surface area (Å²) in [5.41, 5.74) is 0.646. The van der Waals surface area contributed by atoms with Gasteiger partial charge in [0.05, 0.1) is 19.8 Å². The Balaban J connectivity index is 2.09. The van der Waals surface area contributed by atoms with E-state index in [1.807, 2.05) is 31.2 Å². The lowest BCUT2D eigenvalue weighted by Gasteiger charge is -2.37. The van der Waals surface area contributed by atoms with Crippen molar-refractivity contribution in [3.8, 4) is 5.75 Å². The highest BCUT2D eigenvalue weighted by Gasteiger charge is 2.36. The second-order valence-corrected chi connectivity index (χ2v) is 5.13. The fraction of sp³-hybridized carbons (Fsp3) is 0.533. The van der Waals surface area contributed by atoms with E-state index in [4.69, 9.17) is 14.2 Å². The van der Waals surface area contributed by atoms with Gasteiger partial charge in [-0.1, -0.05) is 12.1 Å². The molecule has 4 heteroatoms. The standard InChI is InChI=1S/C15H20O4/c1-11(16)19-15(2)8-9-18-14(10-15)12-4-6-13(17-3)7-5-12/h4-7,14H,8-10H2,1-3H3. The van der Waals surface area contributed by atoms with Crippen molar-refractivity contribution in [3.63, 3.8) is 0 Å². The molecule has 2 rings (SSSR count). The molecule has 2 atom stereocenters. The average Bonchev–Trinajstić information content (AvgIpc) is 2.37. The summed E-state index contributed by atoms with van der Waals surface area (Å²) in [5, 5.41) is 0. The molecule has 0 spiro atoms. The van der Waals surface area contributed by atoms with Crippen molar-refractivity contribution in [2.45, 2.75) is 38.4 Å². The van der Waals surface area contributed by atoms with Crippen LogP contribution < -0.4 is 4.74 Å². The molecule has 0 aromatic heterocycles. The molecular weight excluding hydrogens is 244 g/mol. The Labute approximate surface area is 113 Å². The Morgan fingerprint density at radius 2 is 2.05 bits per heavy atom. The highest BCUT2D eigenvalue weighted by atomic mass is 16.6. The number of carbonyl (C=O) groups excluding carboxylic acids is 1. The third-order valence-electron chi connectivity index (χ3n) is 3.44. The van der Waals surface area contributed by atoms with Crippen LogP contribution in [0.4, 0.5) is 0 Å². The maximum Gasteiger partial charge on any atom is 0.303 e. The third-order valence-corrected chi connectivity index (χ3v) is 3.44. The predicted octanol–water partition coefficient (Wildman–Crippen LogP) is 2.87. The Kier molecular flexibility index (Phi) is 4.10. The first-order valence-corrected chi connectivity index (χ1v) is 6.47. The third kappa shape index (κ3) is 3.47. The molecule has 19 heavy (non-hydrogen) atoms. The summed E-state index contributed by atoms with van der Waals surface area (Å²) in [6, 6.07) is 7.80. The highest BCUT2D eigenvalue weighted by Crippen LogP contribution is 2.36. The summed E-state index contributed by atoms with van der Waals surface area (Å²) in [6.45, 7) is 4.01. The van der Waals surface area contributed by atoms with Gasteiger partial charge in [-0.15, -0.1) is 0 Å².